The molecule has 7 heteroatoms. The van der Waals surface area contributed by atoms with Crippen LogP contribution in [0.1, 0.15) is 13.8 Å². The summed E-state index contributed by atoms with van der Waals surface area (Å²) in [5.74, 6) is 0.895. The summed E-state index contributed by atoms with van der Waals surface area (Å²) in [4.78, 5) is 25.6. The predicted octanol–water partition coefficient (Wildman–Crippen LogP) is 2.78. The van der Waals surface area contributed by atoms with Gasteiger partial charge in [-0.2, -0.15) is 0 Å². The summed E-state index contributed by atoms with van der Waals surface area (Å²) in [6, 6.07) is 7.72. The molecule has 6 nitrogen and oxygen atoms in total. The van der Waals surface area contributed by atoms with Gasteiger partial charge in [0, 0.05) is 42.5 Å². The molecule has 1 aromatic heterocycles. The maximum absolute atomic E-state index is 12.6. The Bertz CT molecular complexity index is 726. The zero-order chi connectivity index (χ0) is 17.8. The smallest absolute Gasteiger partial charge is 0.241 e. The van der Waals surface area contributed by atoms with Crippen LogP contribution in [-0.4, -0.2) is 52.5 Å². The molecule has 2 unspecified atom stereocenters. The Hall–Kier alpha value is -1.99. The van der Waals surface area contributed by atoms with Gasteiger partial charge in [0.25, 0.3) is 0 Å². The van der Waals surface area contributed by atoms with Crippen LogP contribution < -0.4 is 10.2 Å². The molecule has 0 saturated carbocycles. The zero-order valence-electron chi connectivity index (χ0n) is 14.4. The van der Waals surface area contributed by atoms with Crippen LogP contribution in [0.15, 0.2) is 47.3 Å². The lowest BCUT2D eigenvalue weighted by atomic mass is 10.1. The average Bonchev–Trinajstić information content (AvgIpc) is 2.63. The molecular formula is C18H22BrN5O. The molecule has 132 valence electrons. The van der Waals surface area contributed by atoms with Gasteiger partial charge in [-0.3, -0.25) is 14.7 Å². The Morgan fingerprint density at radius 1 is 1.32 bits per heavy atom. The second-order valence-electron chi connectivity index (χ2n) is 6.25. The van der Waals surface area contributed by atoms with E-state index in [1.165, 1.54) is 0 Å². The summed E-state index contributed by atoms with van der Waals surface area (Å²) in [5.41, 5.74) is 0.797. The van der Waals surface area contributed by atoms with Crippen molar-refractivity contribution in [1.82, 2.24) is 14.9 Å². The Labute approximate surface area is 156 Å². The van der Waals surface area contributed by atoms with E-state index in [9.17, 15) is 4.79 Å². The summed E-state index contributed by atoms with van der Waals surface area (Å²) in [6.45, 7) is 6.55. The Morgan fingerprint density at radius 2 is 2.12 bits per heavy atom. The molecule has 25 heavy (non-hydrogen) atoms. The fourth-order valence-corrected chi connectivity index (χ4v) is 3.47. The molecule has 1 saturated heterocycles. The summed E-state index contributed by atoms with van der Waals surface area (Å²) in [6.07, 6.45) is 5.18. The molecule has 1 aliphatic rings. The minimum Gasteiger partial charge on any atom is -0.350 e. The van der Waals surface area contributed by atoms with Gasteiger partial charge in [0.1, 0.15) is 5.82 Å². The molecule has 3 rings (SSSR count). The number of halogens is 1. The van der Waals surface area contributed by atoms with Crippen molar-refractivity contribution in [3.63, 3.8) is 0 Å². The molecule has 0 spiro atoms. The highest BCUT2D eigenvalue weighted by Crippen LogP contribution is 2.23. The number of piperazine rings is 1. The molecule has 0 radical (unpaired) electrons. The number of para-hydroxylation sites is 1. The molecule has 2 atom stereocenters. The third-order valence-corrected chi connectivity index (χ3v) is 5.25. The fourth-order valence-electron chi connectivity index (χ4n) is 3.08. The number of hydrogen-bond acceptors (Lipinski definition) is 5. The number of benzene rings is 1. The maximum Gasteiger partial charge on any atom is 0.241 e. The molecule has 1 aromatic carbocycles. The normalized spacial score (nSPS) is 19.5. The van der Waals surface area contributed by atoms with Gasteiger partial charge in [0.05, 0.1) is 17.9 Å². The van der Waals surface area contributed by atoms with E-state index in [1.54, 1.807) is 18.6 Å². The van der Waals surface area contributed by atoms with Gasteiger partial charge in [-0.15, -0.1) is 0 Å². The van der Waals surface area contributed by atoms with Crippen LogP contribution in [0.25, 0.3) is 0 Å². The van der Waals surface area contributed by atoms with E-state index in [0.29, 0.717) is 0 Å². The second kappa shape index (κ2) is 7.93. The molecule has 0 bridgehead atoms. The van der Waals surface area contributed by atoms with Crippen LogP contribution >= 0.6 is 15.9 Å². The first-order chi connectivity index (χ1) is 12.1. The summed E-state index contributed by atoms with van der Waals surface area (Å²) in [5, 5.41) is 3.00. The van der Waals surface area contributed by atoms with Crippen molar-refractivity contribution in [2.75, 3.05) is 29.9 Å². The van der Waals surface area contributed by atoms with Gasteiger partial charge >= 0.3 is 0 Å². The number of anilines is 2. The van der Waals surface area contributed by atoms with Crippen molar-refractivity contribution < 1.29 is 4.79 Å². The lowest BCUT2D eigenvalue weighted by molar-refractivity contribution is -0.121. The molecule has 2 aromatic rings. The van der Waals surface area contributed by atoms with Crippen LogP contribution in [0.5, 0.6) is 0 Å². The van der Waals surface area contributed by atoms with E-state index in [4.69, 9.17) is 0 Å². The zero-order valence-corrected chi connectivity index (χ0v) is 16.0. The number of aromatic nitrogens is 2. The fraction of sp³-hybridized carbons (Fsp3) is 0.389. The highest BCUT2D eigenvalue weighted by Gasteiger charge is 2.30. The van der Waals surface area contributed by atoms with Crippen LogP contribution in [-0.2, 0) is 4.79 Å². The Balaban J connectivity index is 1.61. The van der Waals surface area contributed by atoms with Crippen molar-refractivity contribution in [1.29, 1.82) is 0 Å². The minimum absolute atomic E-state index is 0.00653. The quantitative estimate of drug-likeness (QED) is 0.849. The van der Waals surface area contributed by atoms with Crippen molar-refractivity contribution in [2.45, 2.75) is 25.9 Å². The molecular weight excluding hydrogens is 382 g/mol. The Morgan fingerprint density at radius 3 is 2.80 bits per heavy atom. The van der Waals surface area contributed by atoms with Gasteiger partial charge in [-0.25, -0.2) is 4.98 Å². The average molecular weight is 404 g/mol. The minimum atomic E-state index is -0.196. The molecule has 2 heterocycles. The molecule has 1 amide bonds. The predicted molar refractivity (Wildman–Crippen MR) is 103 cm³/mol. The lowest BCUT2D eigenvalue weighted by Gasteiger charge is -2.42. The topological polar surface area (TPSA) is 61.4 Å². The van der Waals surface area contributed by atoms with Crippen LogP contribution in [0.3, 0.4) is 0 Å². The van der Waals surface area contributed by atoms with Crippen LogP contribution in [0, 0.1) is 0 Å². The van der Waals surface area contributed by atoms with E-state index in [1.807, 2.05) is 31.2 Å². The first-order valence-electron chi connectivity index (χ1n) is 8.38. The summed E-state index contributed by atoms with van der Waals surface area (Å²) >= 11 is 3.47. The number of carbonyl (C=O) groups is 1. The van der Waals surface area contributed by atoms with Crippen molar-refractivity contribution in [3.05, 3.63) is 47.3 Å². The SMILES string of the molecule is CC(C(=O)Nc1ccccc1Br)N1CCN(c2cnccn2)C(C)C1. The lowest BCUT2D eigenvalue weighted by Crippen LogP contribution is -2.56. The van der Waals surface area contributed by atoms with Crippen molar-refractivity contribution in [2.24, 2.45) is 0 Å². The van der Waals surface area contributed by atoms with E-state index < -0.39 is 0 Å². The maximum atomic E-state index is 12.6. The third-order valence-electron chi connectivity index (χ3n) is 4.56. The van der Waals surface area contributed by atoms with E-state index >= 15 is 0 Å². The summed E-state index contributed by atoms with van der Waals surface area (Å²) < 4.78 is 0.886. The molecule has 1 N–H and O–H groups in total. The first-order valence-corrected chi connectivity index (χ1v) is 9.17. The van der Waals surface area contributed by atoms with Gasteiger partial charge in [-0.05, 0) is 41.9 Å². The second-order valence-corrected chi connectivity index (χ2v) is 7.10. The monoisotopic (exact) mass is 403 g/mol. The highest BCUT2D eigenvalue weighted by atomic mass is 79.9. The van der Waals surface area contributed by atoms with Gasteiger partial charge in [0.2, 0.25) is 5.91 Å². The molecule has 1 fully saturated rings. The molecule has 0 aliphatic carbocycles. The first kappa shape index (κ1) is 17.8. The number of carbonyl (C=O) groups excluding carboxylic acids is 1. The van der Waals surface area contributed by atoms with E-state index in [-0.39, 0.29) is 18.0 Å². The van der Waals surface area contributed by atoms with Gasteiger partial charge < -0.3 is 10.2 Å². The number of nitrogens with one attached hydrogen (secondary N) is 1. The van der Waals surface area contributed by atoms with Crippen molar-refractivity contribution in [3.8, 4) is 0 Å². The number of nitrogens with zero attached hydrogens (tertiary/aromatic N) is 4. The van der Waals surface area contributed by atoms with Gasteiger partial charge in [-0.1, -0.05) is 12.1 Å². The van der Waals surface area contributed by atoms with Crippen LogP contribution in [0.2, 0.25) is 0 Å². The largest absolute Gasteiger partial charge is 0.350 e. The number of amides is 1. The highest BCUT2D eigenvalue weighted by molar-refractivity contribution is 9.10. The Kier molecular flexibility index (Phi) is 5.65. The number of hydrogen-bond donors (Lipinski definition) is 1. The standard InChI is InChI=1S/C18H22BrN5O/c1-13-12-23(9-10-24(13)17-11-20-7-8-21-17)14(2)18(25)22-16-6-4-3-5-15(16)19/h3-8,11,13-14H,9-10,12H2,1-2H3,(H,22,25). The number of rotatable bonds is 4. The molecule has 1 aliphatic heterocycles. The third kappa shape index (κ3) is 4.16. The van der Waals surface area contributed by atoms with Crippen LogP contribution in [0.4, 0.5) is 11.5 Å². The van der Waals surface area contributed by atoms with E-state index in [2.05, 4.69) is 47.9 Å². The van der Waals surface area contributed by atoms with Gasteiger partial charge in [0.15, 0.2) is 0 Å². The summed E-state index contributed by atoms with van der Waals surface area (Å²) in [7, 11) is 0. The van der Waals surface area contributed by atoms with Crippen molar-refractivity contribution >= 4 is 33.3 Å². The van der Waals surface area contributed by atoms with E-state index in [0.717, 1.165) is 35.6 Å².